The molecule has 2 rings (SSSR count). The summed E-state index contributed by atoms with van der Waals surface area (Å²) in [6.07, 6.45) is 0. The van der Waals surface area contributed by atoms with E-state index in [2.05, 4.69) is 39.7 Å². The van der Waals surface area contributed by atoms with E-state index in [1.807, 2.05) is 18.2 Å². The first kappa shape index (κ1) is 14.5. The van der Waals surface area contributed by atoms with E-state index in [0.717, 1.165) is 9.13 Å². The number of carbonyl (C=O) groups is 1. The van der Waals surface area contributed by atoms with Gasteiger partial charge in [-0.1, -0.05) is 24.0 Å². The van der Waals surface area contributed by atoms with Gasteiger partial charge < -0.3 is 5.32 Å². The maximum Gasteiger partial charge on any atom is 0.253 e. The van der Waals surface area contributed by atoms with Crippen molar-refractivity contribution in [3.8, 4) is 11.8 Å². The Morgan fingerprint density at radius 2 is 1.85 bits per heavy atom. The van der Waals surface area contributed by atoms with Crippen molar-refractivity contribution in [3.63, 3.8) is 0 Å². The van der Waals surface area contributed by atoms with Crippen molar-refractivity contribution < 1.29 is 9.18 Å². The number of halogens is 2. The van der Waals surface area contributed by atoms with Crippen LogP contribution in [-0.2, 0) is 0 Å². The lowest BCUT2D eigenvalue weighted by Crippen LogP contribution is -2.24. The van der Waals surface area contributed by atoms with Gasteiger partial charge in [0.25, 0.3) is 5.91 Å². The van der Waals surface area contributed by atoms with Gasteiger partial charge in [0.2, 0.25) is 0 Å². The lowest BCUT2D eigenvalue weighted by molar-refractivity contribution is 0.0958. The summed E-state index contributed by atoms with van der Waals surface area (Å²) < 4.78 is 13.6. The highest BCUT2D eigenvalue weighted by Gasteiger charge is 2.06. The van der Waals surface area contributed by atoms with Crippen LogP contribution in [0.4, 0.5) is 4.39 Å². The van der Waals surface area contributed by atoms with E-state index in [1.165, 1.54) is 12.1 Å². The minimum atomic E-state index is -0.289. The van der Waals surface area contributed by atoms with E-state index in [0.29, 0.717) is 5.56 Å². The van der Waals surface area contributed by atoms with E-state index in [1.54, 1.807) is 18.2 Å². The highest BCUT2D eigenvalue weighted by molar-refractivity contribution is 14.1. The van der Waals surface area contributed by atoms with Crippen LogP contribution in [0.15, 0.2) is 48.5 Å². The summed E-state index contributed by atoms with van der Waals surface area (Å²) in [4.78, 5) is 11.9. The molecule has 0 aliphatic rings. The van der Waals surface area contributed by atoms with Crippen LogP contribution in [-0.4, -0.2) is 12.5 Å². The molecule has 0 heterocycles. The average Bonchev–Trinajstić information content (AvgIpc) is 2.46. The summed E-state index contributed by atoms with van der Waals surface area (Å²) in [5.74, 6) is 5.26. The Balaban J connectivity index is 1.92. The molecule has 2 aromatic carbocycles. The van der Waals surface area contributed by atoms with Crippen molar-refractivity contribution in [1.29, 1.82) is 0 Å². The molecule has 1 amide bonds. The second kappa shape index (κ2) is 7.06. The van der Waals surface area contributed by atoms with Crippen molar-refractivity contribution in [1.82, 2.24) is 5.32 Å². The lowest BCUT2D eigenvalue weighted by atomic mass is 10.2. The second-order valence-electron chi connectivity index (χ2n) is 3.97. The van der Waals surface area contributed by atoms with Crippen molar-refractivity contribution in [2.75, 3.05) is 6.54 Å². The molecule has 0 bridgehead atoms. The normalized spacial score (nSPS) is 9.50. The molecule has 0 aliphatic heterocycles. The molecule has 0 radical (unpaired) electrons. The molecule has 0 spiro atoms. The molecule has 100 valence electrons. The third-order valence-corrected chi connectivity index (χ3v) is 3.47. The van der Waals surface area contributed by atoms with Gasteiger partial charge in [-0.15, -0.1) is 0 Å². The van der Waals surface area contributed by atoms with Gasteiger partial charge in [0.05, 0.1) is 12.1 Å². The zero-order valence-corrected chi connectivity index (χ0v) is 12.6. The summed E-state index contributed by atoms with van der Waals surface area (Å²) in [6, 6.07) is 13.3. The molecule has 0 unspecified atom stereocenters. The molecule has 0 saturated carbocycles. The van der Waals surface area contributed by atoms with Crippen molar-refractivity contribution >= 4 is 28.5 Å². The number of rotatable bonds is 2. The largest absolute Gasteiger partial charge is 0.341 e. The molecule has 0 aromatic heterocycles. The minimum Gasteiger partial charge on any atom is -0.341 e. The first-order chi connectivity index (χ1) is 9.66. The van der Waals surface area contributed by atoms with Crippen LogP contribution in [0.3, 0.4) is 0 Å². The molecule has 20 heavy (non-hydrogen) atoms. The Labute approximate surface area is 130 Å². The van der Waals surface area contributed by atoms with Crippen LogP contribution in [0.25, 0.3) is 0 Å². The first-order valence-electron chi connectivity index (χ1n) is 5.94. The Hall–Kier alpha value is -1.87. The molecule has 0 fully saturated rings. The van der Waals surface area contributed by atoms with Gasteiger partial charge in [-0.05, 0) is 59.0 Å². The maximum atomic E-state index is 12.7. The van der Waals surface area contributed by atoms with Crippen LogP contribution in [0, 0.1) is 21.2 Å². The predicted octanol–water partition coefficient (Wildman–Crippen LogP) is 3.21. The third-order valence-electron chi connectivity index (χ3n) is 2.53. The number of nitrogens with one attached hydrogen (secondary N) is 1. The summed E-state index contributed by atoms with van der Waals surface area (Å²) in [5, 5.41) is 2.73. The van der Waals surface area contributed by atoms with Gasteiger partial charge in [-0.3, -0.25) is 4.79 Å². The summed E-state index contributed by atoms with van der Waals surface area (Å²) >= 11 is 2.12. The van der Waals surface area contributed by atoms with Crippen LogP contribution in [0.2, 0.25) is 0 Å². The smallest absolute Gasteiger partial charge is 0.253 e. The topological polar surface area (TPSA) is 29.1 Å². The summed E-state index contributed by atoms with van der Waals surface area (Å²) in [6.45, 7) is 0.251. The second-order valence-corrected chi connectivity index (χ2v) is 5.13. The van der Waals surface area contributed by atoms with Gasteiger partial charge in [-0.25, -0.2) is 4.39 Å². The van der Waals surface area contributed by atoms with Crippen molar-refractivity contribution in [2.45, 2.75) is 0 Å². The molecule has 0 atom stereocenters. The SMILES string of the molecule is O=C(NCC#Cc1ccc(F)cc1)c1ccccc1I. The van der Waals surface area contributed by atoms with E-state index in [9.17, 15) is 9.18 Å². The molecule has 0 saturated heterocycles. The fourth-order valence-electron chi connectivity index (χ4n) is 1.54. The van der Waals surface area contributed by atoms with E-state index in [4.69, 9.17) is 0 Å². The molecular weight excluding hydrogens is 368 g/mol. The molecule has 1 N–H and O–H groups in total. The number of hydrogen-bond donors (Lipinski definition) is 1. The van der Waals surface area contributed by atoms with Crippen molar-refractivity contribution in [2.24, 2.45) is 0 Å². The standard InChI is InChI=1S/C16H11FINO/c17-13-9-7-12(8-10-13)4-3-11-19-16(20)14-5-1-2-6-15(14)18/h1-2,5-10H,11H2,(H,19,20). The summed E-state index contributed by atoms with van der Waals surface area (Å²) in [5.41, 5.74) is 1.35. The molecule has 0 aliphatic carbocycles. The van der Waals surface area contributed by atoms with E-state index >= 15 is 0 Å². The highest BCUT2D eigenvalue weighted by Crippen LogP contribution is 2.10. The van der Waals surface area contributed by atoms with Crippen LogP contribution in [0.5, 0.6) is 0 Å². The Kier molecular flexibility index (Phi) is 5.13. The zero-order chi connectivity index (χ0) is 14.4. The molecular formula is C16H11FINO. The fourth-order valence-corrected chi connectivity index (χ4v) is 2.18. The zero-order valence-electron chi connectivity index (χ0n) is 10.5. The fraction of sp³-hybridized carbons (Fsp3) is 0.0625. The third kappa shape index (κ3) is 4.07. The Morgan fingerprint density at radius 1 is 1.15 bits per heavy atom. The predicted molar refractivity (Wildman–Crippen MR) is 84.8 cm³/mol. The summed E-state index contributed by atoms with van der Waals surface area (Å²) in [7, 11) is 0. The molecule has 4 heteroatoms. The van der Waals surface area contributed by atoms with Crippen LogP contribution in [0.1, 0.15) is 15.9 Å². The van der Waals surface area contributed by atoms with Gasteiger partial charge in [-0.2, -0.15) is 0 Å². The van der Waals surface area contributed by atoms with Gasteiger partial charge in [0.1, 0.15) is 5.82 Å². The maximum absolute atomic E-state index is 12.7. The molecule has 2 aromatic rings. The van der Waals surface area contributed by atoms with Gasteiger partial charge >= 0.3 is 0 Å². The number of carbonyl (C=O) groups excluding carboxylic acids is 1. The van der Waals surface area contributed by atoms with Crippen LogP contribution >= 0.6 is 22.6 Å². The average molecular weight is 379 g/mol. The molecule has 2 nitrogen and oxygen atoms in total. The van der Waals surface area contributed by atoms with Gasteiger partial charge in [0.15, 0.2) is 0 Å². The van der Waals surface area contributed by atoms with E-state index < -0.39 is 0 Å². The Morgan fingerprint density at radius 3 is 2.55 bits per heavy atom. The van der Waals surface area contributed by atoms with Crippen molar-refractivity contribution in [3.05, 3.63) is 69.0 Å². The highest BCUT2D eigenvalue weighted by atomic mass is 127. The minimum absolute atomic E-state index is 0.150. The lowest BCUT2D eigenvalue weighted by Gasteiger charge is -2.03. The quantitative estimate of drug-likeness (QED) is 0.630. The number of benzene rings is 2. The number of hydrogen-bond acceptors (Lipinski definition) is 1. The van der Waals surface area contributed by atoms with Crippen LogP contribution < -0.4 is 5.32 Å². The van der Waals surface area contributed by atoms with Gasteiger partial charge in [0, 0.05) is 9.13 Å². The number of amides is 1. The van der Waals surface area contributed by atoms with E-state index in [-0.39, 0.29) is 18.3 Å². The monoisotopic (exact) mass is 379 g/mol. The Bertz CT molecular complexity index is 671. The first-order valence-corrected chi connectivity index (χ1v) is 7.02.